The minimum absolute atomic E-state index is 0.180. The molecule has 0 saturated carbocycles. The summed E-state index contributed by atoms with van der Waals surface area (Å²) in [5, 5.41) is 3.39. The first-order valence-electron chi connectivity index (χ1n) is 6.90. The molecule has 4 nitrogen and oxygen atoms in total. The van der Waals surface area contributed by atoms with Crippen LogP contribution in [0.25, 0.3) is 0 Å². The zero-order chi connectivity index (χ0) is 14.5. The fourth-order valence-electron chi connectivity index (χ4n) is 2.00. The van der Waals surface area contributed by atoms with Crippen LogP contribution in [0, 0.1) is 13.8 Å². The third-order valence-electron chi connectivity index (χ3n) is 3.05. The Bertz CT molecular complexity index is 566. The largest absolute Gasteiger partial charge is 0.478 e. The second kappa shape index (κ2) is 6.37. The average molecular weight is 271 g/mol. The van der Waals surface area contributed by atoms with Crippen molar-refractivity contribution >= 4 is 5.82 Å². The average Bonchev–Trinajstić information content (AvgIpc) is 2.39. The van der Waals surface area contributed by atoms with Crippen LogP contribution in [0.5, 0.6) is 5.88 Å². The molecule has 0 aliphatic carbocycles. The Balaban J connectivity index is 2.14. The summed E-state index contributed by atoms with van der Waals surface area (Å²) in [5.41, 5.74) is 2.49. The van der Waals surface area contributed by atoms with Crippen molar-refractivity contribution in [3.05, 3.63) is 47.3 Å². The van der Waals surface area contributed by atoms with Gasteiger partial charge in [0.25, 0.3) is 0 Å². The van der Waals surface area contributed by atoms with Crippen molar-refractivity contribution in [2.24, 2.45) is 0 Å². The van der Waals surface area contributed by atoms with E-state index in [9.17, 15) is 0 Å². The van der Waals surface area contributed by atoms with Crippen LogP contribution in [0.2, 0.25) is 0 Å². The molecular formula is C16H21N3O. The monoisotopic (exact) mass is 271 g/mol. The Labute approximate surface area is 120 Å². The van der Waals surface area contributed by atoms with Gasteiger partial charge in [0.15, 0.2) is 0 Å². The highest BCUT2D eigenvalue weighted by atomic mass is 16.5. The molecule has 0 aliphatic rings. The number of aryl methyl sites for hydroxylation is 2. The highest BCUT2D eigenvalue weighted by Gasteiger charge is 2.08. The van der Waals surface area contributed by atoms with Gasteiger partial charge in [-0.3, -0.25) is 0 Å². The third-order valence-corrected chi connectivity index (χ3v) is 3.05. The molecule has 0 spiro atoms. The smallest absolute Gasteiger partial charge is 0.218 e. The van der Waals surface area contributed by atoms with Crippen molar-refractivity contribution in [1.82, 2.24) is 9.97 Å². The van der Waals surface area contributed by atoms with E-state index < -0.39 is 0 Å². The Hall–Kier alpha value is -2.10. The summed E-state index contributed by atoms with van der Waals surface area (Å²) in [6, 6.07) is 10.5. The molecule has 20 heavy (non-hydrogen) atoms. The Morgan fingerprint density at radius 2 is 1.85 bits per heavy atom. The summed E-state index contributed by atoms with van der Waals surface area (Å²) in [6.07, 6.45) is 0. The Morgan fingerprint density at radius 1 is 1.15 bits per heavy atom. The number of nitrogens with zero attached hydrogens (tertiary/aromatic N) is 2. The number of anilines is 1. The summed E-state index contributed by atoms with van der Waals surface area (Å²) in [4.78, 5) is 8.64. The van der Waals surface area contributed by atoms with Crippen LogP contribution in [-0.4, -0.2) is 16.6 Å². The van der Waals surface area contributed by atoms with Gasteiger partial charge in [-0.05, 0) is 33.3 Å². The number of aromatic nitrogens is 2. The molecule has 0 fully saturated rings. The third kappa shape index (κ3) is 3.70. The minimum Gasteiger partial charge on any atom is -0.478 e. The second-order valence-electron chi connectivity index (χ2n) is 4.85. The van der Waals surface area contributed by atoms with Gasteiger partial charge in [0.2, 0.25) is 5.88 Å². The lowest BCUT2D eigenvalue weighted by atomic mass is 10.1. The molecule has 1 unspecified atom stereocenters. The molecule has 1 aromatic carbocycles. The SMILES string of the molecule is CCOc1cc(NC(C)c2ccc(C)cc2)nc(C)n1. The van der Waals surface area contributed by atoms with E-state index >= 15 is 0 Å². The van der Waals surface area contributed by atoms with Crippen LogP contribution in [0.1, 0.15) is 36.8 Å². The van der Waals surface area contributed by atoms with Gasteiger partial charge in [-0.1, -0.05) is 29.8 Å². The van der Waals surface area contributed by atoms with Crippen molar-refractivity contribution in [1.29, 1.82) is 0 Å². The number of rotatable bonds is 5. The van der Waals surface area contributed by atoms with Crippen molar-refractivity contribution in [3.63, 3.8) is 0 Å². The molecule has 0 aliphatic heterocycles. The zero-order valence-electron chi connectivity index (χ0n) is 12.5. The van der Waals surface area contributed by atoms with Gasteiger partial charge in [-0.2, -0.15) is 4.98 Å². The fraction of sp³-hybridized carbons (Fsp3) is 0.375. The highest BCUT2D eigenvalue weighted by molar-refractivity contribution is 5.41. The van der Waals surface area contributed by atoms with Crippen LogP contribution >= 0.6 is 0 Å². The number of hydrogen-bond acceptors (Lipinski definition) is 4. The number of nitrogens with one attached hydrogen (secondary N) is 1. The predicted molar refractivity (Wildman–Crippen MR) is 81.2 cm³/mol. The standard InChI is InChI=1S/C16H21N3O/c1-5-20-16-10-15(18-13(4)19-16)17-12(3)14-8-6-11(2)7-9-14/h6-10,12H,5H2,1-4H3,(H,17,18,19). The van der Waals surface area contributed by atoms with Gasteiger partial charge in [0.05, 0.1) is 6.61 Å². The van der Waals surface area contributed by atoms with Crippen LogP contribution < -0.4 is 10.1 Å². The Morgan fingerprint density at radius 3 is 2.50 bits per heavy atom. The van der Waals surface area contributed by atoms with E-state index in [0.717, 1.165) is 5.82 Å². The van der Waals surface area contributed by atoms with E-state index in [1.54, 1.807) is 0 Å². The first kappa shape index (κ1) is 14.3. The van der Waals surface area contributed by atoms with Gasteiger partial charge in [0, 0.05) is 12.1 Å². The van der Waals surface area contributed by atoms with E-state index in [2.05, 4.69) is 53.4 Å². The molecule has 2 rings (SSSR count). The maximum Gasteiger partial charge on any atom is 0.218 e. The molecular weight excluding hydrogens is 250 g/mol. The summed E-state index contributed by atoms with van der Waals surface area (Å²) in [5.74, 6) is 2.10. The summed E-state index contributed by atoms with van der Waals surface area (Å²) >= 11 is 0. The molecule has 106 valence electrons. The fourth-order valence-corrected chi connectivity index (χ4v) is 2.00. The van der Waals surface area contributed by atoms with Crippen molar-refractivity contribution < 1.29 is 4.74 Å². The lowest BCUT2D eigenvalue weighted by Crippen LogP contribution is -2.09. The van der Waals surface area contributed by atoms with E-state index in [1.807, 2.05) is 19.9 Å². The molecule has 1 aromatic heterocycles. The first-order chi connectivity index (χ1) is 9.58. The molecule has 0 amide bonds. The van der Waals surface area contributed by atoms with E-state index in [1.165, 1.54) is 11.1 Å². The van der Waals surface area contributed by atoms with Crippen LogP contribution in [-0.2, 0) is 0 Å². The van der Waals surface area contributed by atoms with Crippen LogP contribution in [0.15, 0.2) is 30.3 Å². The van der Waals surface area contributed by atoms with Crippen molar-refractivity contribution in [2.45, 2.75) is 33.7 Å². The number of hydrogen-bond donors (Lipinski definition) is 1. The van der Waals surface area contributed by atoms with Crippen LogP contribution in [0.3, 0.4) is 0 Å². The maximum atomic E-state index is 5.44. The molecule has 1 N–H and O–H groups in total. The number of ether oxygens (including phenoxy) is 1. The lowest BCUT2D eigenvalue weighted by molar-refractivity contribution is 0.325. The van der Waals surface area contributed by atoms with Gasteiger partial charge in [-0.25, -0.2) is 4.98 Å². The molecule has 1 atom stereocenters. The quantitative estimate of drug-likeness (QED) is 0.901. The van der Waals surface area contributed by atoms with Gasteiger partial charge in [-0.15, -0.1) is 0 Å². The lowest BCUT2D eigenvalue weighted by Gasteiger charge is -2.16. The minimum atomic E-state index is 0.180. The maximum absolute atomic E-state index is 5.44. The van der Waals surface area contributed by atoms with Crippen LogP contribution in [0.4, 0.5) is 5.82 Å². The molecule has 0 bridgehead atoms. The summed E-state index contributed by atoms with van der Waals surface area (Å²) in [6.45, 7) is 8.61. The molecule has 2 aromatic rings. The van der Waals surface area contributed by atoms with Crippen molar-refractivity contribution in [2.75, 3.05) is 11.9 Å². The predicted octanol–water partition coefficient (Wildman–Crippen LogP) is 3.67. The van der Waals surface area contributed by atoms with E-state index in [4.69, 9.17) is 4.74 Å². The van der Waals surface area contributed by atoms with Gasteiger partial charge in [0.1, 0.15) is 11.6 Å². The first-order valence-corrected chi connectivity index (χ1v) is 6.90. The van der Waals surface area contributed by atoms with Gasteiger partial charge >= 0.3 is 0 Å². The topological polar surface area (TPSA) is 47.0 Å². The summed E-state index contributed by atoms with van der Waals surface area (Å²) < 4.78 is 5.44. The van der Waals surface area contributed by atoms with Crippen molar-refractivity contribution in [3.8, 4) is 5.88 Å². The normalized spacial score (nSPS) is 12.0. The number of benzene rings is 1. The molecule has 0 radical (unpaired) electrons. The highest BCUT2D eigenvalue weighted by Crippen LogP contribution is 2.20. The summed E-state index contributed by atoms with van der Waals surface area (Å²) in [7, 11) is 0. The Kier molecular flexibility index (Phi) is 4.56. The zero-order valence-corrected chi connectivity index (χ0v) is 12.5. The molecule has 1 heterocycles. The molecule has 0 saturated heterocycles. The van der Waals surface area contributed by atoms with E-state index in [0.29, 0.717) is 18.3 Å². The second-order valence-corrected chi connectivity index (χ2v) is 4.85. The van der Waals surface area contributed by atoms with E-state index in [-0.39, 0.29) is 6.04 Å². The molecule has 4 heteroatoms. The van der Waals surface area contributed by atoms with Gasteiger partial charge < -0.3 is 10.1 Å².